The standard InChI is InChI=1S/C12H26N2O4S2/c1-11(2)6-10(14-20(5,17)18)7-12(3,8-11)9-13-19(4,15)16/h10,13-14H,6-9H2,1-5H3. The van der Waals surface area contributed by atoms with Crippen LogP contribution in [0.5, 0.6) is 0 Å². The average molecular weight is 326 g/mol. The zero-order valence-electron chi connectivity index (χ0n) is 12.9. The molecule has 6 nitrogen and oxygen atoms in total. The quantitative estimate of drug-likeness (QED) is 0.776. The minimum absolute atomic E-state index is 0.0332. The Morgan fingerprint density at radius 2 is 1.55 bits per heavy atom. The first kappa shape index (κ1) is 17.9. The van der Waals surface area contributed by atoms with Gasteiger partial charge >= 0.3 is 0 Å². The molecule has 8 heteroatoms. The summed E-state index contributed by atoms with van der Waals surface area (Å²) in [5, 5.41) is 0. The number of hydrogen-bond acceptors (Lipinski definition) is 4. The molecule has 0 aliphatic heterocycles. The third kappa shape index (κ3) is 6.51. The second kappa shape index (κ2) is 5.55. The molecule has 2 unspecified atom stereocenters. The van der Waals surface area contributed by atoms with Gasteiger partial charge in [0, 0.05) is 12.6 Å². The Hall–Kier alpha value is -0.180. The molecule has 0 radical (unpaired) electrons. The molecular formula is C12H26N2O4S2. The van der Waals surface area contributed by atoms with Gasteiger partial charge in [-0.15, -0.1) is 0 Å². The van der Waals surface area contributed by atoms with E-state index in [0.29, 0.717) is 13.0 Å². The molecule has 120 valence electrons. The summed E-state index contributed by atoms with van der Waals surface area (Å²) in [6.07, 6.45) is 4.53. The highest BCUT2D eigenvalue weighted by molar-refractivity contribution is 7.89. The van der Waals surface area contributed by atoms with Crippen LogP contribution in [0.1, 0.15) is 40.0 Å². The van der Waals surface area contributed by atoms with Crippen LogP contribution in [0.2, 0.25) is 0 Å². The Bertz CT molecular complexity index is 554. The maximum Gasteiger partial charge on any atom is 0.208 e. The molecule has 20 heavy (non-hydrogen) atoms. The number of nitrogens with one attached hydrogen (secondary N) is 2. The van der Waals surface area contributed by atoms with Crippen molar-refractivity contribution in [2.24, 2.45) is 10.8 Å². The second-order valence-electron chi connectivity index (χ2n) is 7.24. The fourth-order valence-corrected chi connectivity index (χ4v) is 4.84. The van der Waals surface area contributed by atoms with E-state index in [0.717, 1.165) is 25.4 Å². The van der Waals surface area contributed by atoms with Gasteiger partial charge in [0.05, 0.1) is 12.5 Å². The Labute approximate surface area is 122 Å². The molecule has 0 heterocycles. The van der Waals surface area contributed by atoms with E-state index in [-0.39, 0.29) is 16.9 Å². The van der Waals surface area contributed by atoms with Gasteiger partial charge in [-0.05, 0) is 30.1 Å². The van der Waals surface area contributed by atoms with Crippen molar-refractivity contribution in [1.82, 2.24) is 9.44 Å². The Balaban J connectivity index is 2.85. The SMILES string of the molecule is CC1(C)CC(NS(C)(=O)=O)CC(C)(CNS(C)(=O)=O)C1. The minimum Gasteiger partial charge on any atom is -0.215 e. The summed E-state index contributed by atoms with van der Waals surface area (Å²) >= 11 is 0. The Kier molecular flexibility index (Phi) is 4.96. The van der Waals surface area contributed by atoms with Gasteiger partial charge in [0.1, 0.15) is 0 Å². The molecule has 0 aromatic heterocycles. The maximum absolute atomic E-state index is 11.4. The second-order valence-corrected chi connectivity index (χ2v) is 10.9. The molecular weight excluding hydrogens is 300 g/mol. The lowest BCUT2D eigenvalue weighted by Gasteiger charge is -2.46. The predicted octanol–water partition coefficient (Wildman–Crippen LogP) is 0.670. The lowest BCUT2D eigenvalue weighted by atomic mass is 9.63. The van der Waals surface area contributed by atoms with E-state index < -0.39 is 20.0 Å². The monoisotopic (exact) mass is 326 g/mol. The zero-order valence-corrected chi connectivity index (χ0v) is 14.5. The highest BCUT2D eigenvalue weighted by atomic mass is 32.2. The van der Waals surface area contributed by atoms with E-state index in [1.165, 1.54) is 0 Å². The van der Waals surface area contributed by atoms with E-state index >= 15 is 0 Å². The van der Waals surface area contributed by atoms with Crippen LogP contribution in [-0.2, 0) is 20.0 Å². The lowest BCUT2D eigenvalue weighted by Crippen LogP contribution is -2.50. The molecule has 0 saturated heterocycles. The number of hydrogen-bond donors (Lipinski definition) is 2. The topological polar surface area (TPSA) is 92.3 Å². The van der Waals surface area contributed by atoms with Crippen LogP contribution in [-0.4, -0.2) is 41.9 Å². The highest BCUT2D eigenvalue weighted by Crippen LogP contribution is 2.45. The molecule has 0 aromatic rings. The molecule has 1 saturated carbocycles. The van der Waals surface area contributed by atoms with Crippen molar-refractivity contribution in [3.05, 3.63) is 0 Å². The summed E-state index contributed by atoms with van der Waals surface area (Å²) in [4.78, 5) is 0. The molecule has 0 spiro atoms. The minimum atomic E-state index is -3.26. The van der Waals surface area contributed by atoms with Crippen LogP contribution in [0.4, 0.5) is 0 Å². The van der Waals surface area contributed by atoms with Gasteiger partial charge in [-0.3, -0.25) is 0 Å². The molecule has 2 N–H and O–H groups in total. The zero-order chi connectivity index (χ0) is 15.8. The smallest absolute Gasteiger partial charge is 0.208 e. The summed E-state index contributed by atoms with van der Waals surface area (Å²) in [6, 6.07) is -0.153. The lowest BCUT2D eigenvalue weighted by molar-refractivity contribution is 0.0822. The third-order valence-corrected chi connectivity index (χ3v) is 5.02. The molecule has 2 atom stereocenters. The molecule has 0 bridgehead atoms. The normalized spacial score (nSPS) is 31.1. The van der Waals surface area contributed by atoms with Gasteiger partial charge in [0.25, 0.3) is 0 Å². The van der Waals surface area contributed by atoms with E-state index in [9.17, 15) is 16.8 Å². The van der Waals surface area contributed by atoms with Crippen molar-refractivity contribution >= 4 is 20.0 Å². The van der Waals surface area contributed by atoms with Gasteiger partial charge in [-0.25, -0.2) is 26.3 Å². The van der Waals surface area contributed by atoms with Crippen molar-refractivity contribution in [1.29, 1.82) is 0 Å². The average Bonchev–Trinajstić information content (AvgIpc) is 2.07. The largest absolute Gasteiger partial charge is 0.215 e. The highest BCUT2D eigenvalue weighted by Gasteiger charge is 2.42. The van der Waals surface area contributed by atoms with Crippen molar-refractivity contribution in [3.8, 4) is 0 Å². The third-order valence-electron chi connectivity index (χ3n) is 3.59. The van der Waals surface area contributed by atoms with E-state index in [1.807, 2.05) is 6.92 Å². The van der Waals surface area contributed by atoms with Crippen LogP contribution < -0.4 is 9.44 Å². The first-order chi connectivity index (χ1) is 8.70. The summed E-state index contributed by atoms with van der Waals surface area (Å²) in [7, 11) is -6.50. The fraction of sp³-hybridized carbons (Fsp3) is 1.00. The summed E-state index contributed by atoms with van der Waals surface area (Å²) in [5.41, 5.74) is -0.290. The number of sulfonamides is 2. The summed E-state index contributed by atoms with van der Waals surface area (Å²) in [6.45, 7) is 6.50. The fourth-order valence-electron chi connectivity index (χ4n) is 3.46. The van der Waals surface area contributed by atoms with Gasteiger partial charge in [0.15, 0.2) is 0 Å². The van der Waals surface area contributed by atoms with Crippen molar-refractivity contribution < 1.29 is 16.8 Å². The molecule has 1 aliphatic carbocycles. The summed E-state index contributed by atoms with van der Waals surface area (Å²) in [5.74, 6) is 0. The van der Waals surface area contributed by atoms with E-state index in [4.69, 9.17) is 0 Å². The molecule has 0 amide bonds. The maximum atomic E-state index is 11.4. The van der Waals surface area contributed by atoms with E-state index in [2.05, 4.69) is 23.3 Å². The van der Waals surface area contributed by atoms with Crippen LogP contribution >= 0.6 is 0 Å². The van der Waals surface area contributed by atoms with E-state index in [1.54, 1.807) is 0 Å². The van der Waals surface area contributed by atoms with Crippen molar-refractivity contribution in [2.45, 2.75) is 46.1 Å². The van der Waals surface area contributed by atoms with Crippen LogP contribution in [0.15, 0.2) is 0 Å². The summed E-state index contributed by atoms with van der Waals surface area (Å²) < 4.78 is 50.6. The Morgan fingerprint density at radius 1 is 1.00 bits per heavy atom. The molecule has 0 aromatic carbocycles. The van der Waals surface area contributed by atoms with Gasteiger partial charge < -0.3 is 0 Å². The van der Waals surface area contributed by atoms with Gasteiger partial charge in [0.2, 0.25) is 20.0 Å². The van der Waals surface area contributed by atoms with Gasteiger partial charge in [-0.1, -0.05) is 20.8 Å². The van der Waals surface area contributed by atoms with Crippen molar-refractivity contribution in [2.75, 3.05) is 19.1 Å². The molecule has 1 fully saturated rings. The molecule has 1 aliphatic rings. The predicted molar refractivity (Wildman–Crippen MR) is 80.4 cm³/mol. The first-order valence-corrected chi connectivity index (χ1v) is 10.4. The van der Waals surface area contributed by atoms with Gasteiger partial charge in [-0.2, -0.15) is 0 Å². The molecule has 1 rings (SSSR count). The van der Waals surface area contributed by atoms with Crippen LogP contribution in [0.3, 0.4) is 0 Å². The van der Waals surface area contributed by atoms with Crippen LogP contribution in [0, 0.1) is 10.8 Å². The van der Waals surface area contributed by atoms with Crippen molar-refractivity contribution in [3.63, 3.8) is 0 Å². The van der Waals surface area contributed by atoms with Crippen LogP contribution in [0.25, 0.3) is 0 Å². The first-order valence-electron chi connectivity index (χ1n) is 6.62. The Morgan fingerprint density at radius 3 is 2.00 bits per heavy atom. The number of rotatable bonds is 5.